The first kappa shape index (κ1) is 13.8. The molecule has 0 radical (unpaired) electrons. The van der Waals surface area contributed by atoms with Gasteiger partial charge in [-0.3, -0.25) is 4.79 Å². The van der Waals surface area contributed by atoms with Crippen LogP contribution in [0.3, 0.4) is 0 Å². The predicted molar refractivity (Wildman–Crippen MR) is 67.8 cm³/mol. The van der Waals surface area contributed by atoms with E-state index in [1.807, 2.05) is 0 Å². The van der Waals surface area contributed by atoms with E-state index < -0.39 is 0 Å². The lowest BCUT2D eigenvalue weighted by Crippen LogP contribution is -2.48. The summed E-state index contributed by atoms with van der Waals surface area (Å²) < 4.78 is 0. The third-order valence-corrected chi connectivity index (χ3v) is 3.83. The molecule has 1 heterocycles. The Kier molecular flexibility index (Phi) is 5.56. The first-order chi connectivity index (χ1) is 7.25. The van der Waals surface area contributed by atoms with Crippen LogP contribution in [0.1, 0.15) is 39.0 Å². The largest absolute Gasteiger partial charge is 0.353 e. The van der Waals surface area contributed by atoms with E-state index >= 15 is 0 Å². The molecule has 1 amide bonds. The molecule has 2 rings (SSSR count). The van der Waals surface area contributed by atoms with Crippen molar-refractivity contribution in [3.05, 3.63) is 0 Å². The van der Waals surface area contributed by atoms with E-state index in [2.05, 4.69) is 17.6 Å². The van der Waals surface area contributed by atoms with E-state index in [-0.39, 0.29) is 18.3 Å². The van der Waals surface area contributed by atoms with Gasteiger partial charge in [-0.15, -0.1) is 12.4 Å². The summed E-state index contributed by atoms with van der Waals surface area (Å²) in [6.07, 6.45) is 5.68. The smallest absolute Gasteiger partial charge is 0.220 e. The van der Waals surface area contributed by atoms with Crippen LogP contribution in [0.25, 0.3) is 0 Å². The summed E-state index contributed by atoms with van der Waals surface area (Å²) in [5, 5.41) is 6.54. The third-order valence-electron chi connectivity index (χ3n) is 3.83. The van der Waals surface area contributed by atoms with Gasteiger partial charge in [0.15, 0.2) is 0 Å². The number of carbonyl (C=O) groups is 1. The van der Waals surface area contributed by atoms with Gasteiger partial charge in [0, 0.05) is 12.5 Å². The van der Waals surface area contributed by atoms with Gasteiger partial charge in [0.2, 0.25) is 5.91 Å². The number of piperidine rings is 1. The SMILES string of the molecule is CC1CNCCC1NC(=O)CC1CCC1.Cl. The quantitative estimate of drug-likeness (QED) is 0.796. The second-order valence-electron chi connectivity index (χ2n) is 5.15. The highest BCUT2D eigenvalue weighted by Gasteiger charge is 2.25. The zero-order chi connectivity index (χ0) is 10.7. The molecule has 0 aromatic carbocycles. The van der Waals surface area contributed by atoms with Gasteiger partial charge in [-0.25, -0.2) is 0 Å². The maximum atomic E-state index is 11.7. The molecular formula is C12H23ClN2O. The van der Waals surface area contributed by atoms with E-state index in [0.717, 1.165) is 25.9 Å². The zero-order valence-corrected chi connectivity index (χ0v) is 10.8. The van der Waals surface area contributed by atoms with Crippen molar-refractivity contribution in [2.24, 2.45) is 11.8 Å². The molecular weight excluding hydrogens is 224 g/mol. The highest BCUT2D eigenvalue weighted by molar-refractivity contribution is 5.85. The number of amides is 1. The maximum absolute atomic E-state index is 11.7. The Hall–Kier alpha value is -0.280. The molecule has 0 aromatic heterocycles. The molecule has 1 saturated carbocycles. The lowest BCUT2D eigenvalue weighted by molar-refractivity contribution is -0.123. The molecule has 0 bridgehead atoms. The van der Waals surface area contributed by atoms with Crippen LogP contribution in [0.15, 0.2) is 0 Å². The Morgan fingerprint density at radius 3 is 2.69 bits per heavy atom. The summed E-state index contributed by atoms with van der Waals surface area (Å²) in [5.41, 5.74) is 0. The van der Waals surface area contributed by atoms with Crippen molar-refractivity contribution in [3.8, 4) is 0 Å². The number of rotatable bonds is 3. The summed E-state index contributed by atoms with van der Waals surface area (Å²) in [5.74, 6) is 1.53. The lowest BCUT2D eigenvalue weighted by Gasteiger charge is -2.31. The summed E-state index contributed by atoms with van der Waals surface area (Å²) >= 11 is 0. The van der Waals surface area contributed by atoms with Crippen LogP contribution in [0.2, 0.25) is 0 Å². The van der Waals surface area contributed by atoms with Gasteiger partial charge in [-0.05, 0) is 44.2 Å². The van der Waals surface area contributed by atoms with Gasteiger partial charge in [0.1, 0.15) is 0 Å². The van der Waals surface area contributed by atoms with Gasteiger partial charge in [0.25, 0.3) is 0 Å². The van der Waals surface area contributed by atoms with Crippen LogP contribution in [0.4, 0.5) is 0 Å². The first-order valence-electron chi connectivity index (χ1n) is 6.26. The number of nitrogens with one attached hydrogen (secondary N) is 2. The van der Waals surface area contributed by atoms with Crippen LogP contribution in [0, 0.1) is 11.8 Å². The molecule has 0 aromatic rings. The van der Waals surface area contributed by atoms with E-state index in [1.165, 1.54) is 19.3 Å². The standard InChI is InChI=1S/C12H22N2O.ClH/c1-9-8-13-6-5-11(9)14-12(15)7-10-3-2-4-10;/h9-11,13H,2-8H2,1H3,(H,14,15);1H. The molecule has 2 N–H and O–H groups in total. The van der Waals surface area contributed by atoms with Crippen LogP contribution in [0.5, 0.6) is 0 Å². The van der Waals surface area contributed by atoms with E-state index in [1.54, 1.807) is 0 Å². The molecule has 0 spiro atoms. The molecule has 2 atom stereocenters. The Bertz CT molecular complexity index is 231. The predicted octanol–water partition coefficient (Wildman–Crippen LogP) is 1.71. The number of halogens is 1. The van der Waals surface area contributed by atoms with Crippen molar-refractivity contribution in [2.45, 2.75) is 45.1 Å². The van der Waals surface area contributed by atoms with Crippen LogP contribution < -0.4 is 10.6 Å². The number of hydrogen-bond acceptors (Lipinski definition) is 2. The molecule has 94 valence electrons. The Balaban J connectivity index is 0.00000128. The topological polar surface area (TPSA) is 41.1 Å². The normalized spacial score (nSPS) is 30.1. The van der Waals surface area contributed by atoms with Crippen molar-refractivity contribution < 1.29 is 4.79 Å². The molecule has 2 fully saturated rings. The highest BCUT2D eigenvalue weighted by Crippen LogP contribution is 2.29. The van der Waals surface area contributed by atoms with Crippen molar-refractivity contribution >= 4 is 18.3 Å². The Labute approximate surface area is 104 Å². The Morgan fingerprint density at radius 2 is 2.12 bits per heavy atom. The highest BCUT2D eigenvalue weighted by atomic mass is 35.5. The summed E-state index contributed by atoms with van der Waals surface area (Å²) in [4.78, 5) is 11.7. The van der Waals surface area contributed by atoms with E-state index in [4.69, 9.17) is 0 Å². The van der Waals surface area contributed by atoms with Crippen LogP contribution in [-0.2, 0) is 4.79 Å². The minimum Gasteiger partial charge on any atom is -0.353 e. The average molecular weight is 247 g/mol. The summed E-state index contributed by atoms with van der Waals surface area (Å²) in [6.45, 7) is 4.29. The Morgan fingerprint density at radius 1 is 1.38 bits per heavy atom. The molecule has 16 heavy (non-hydrogen) atoms. The number of carbonyl (C=O) groups excluding carboxylic acids is 1. The summed E-state index contributed by atoms with van der Waals surface area (Å²) in [7, 11) is 0. The van der Waals surface area contributed by atoms with Crippen LogP contribution in [-0.4, -0.2) is 25.0 Å². The van der Waals surface area contributed by atoms with Gasteiger partial charge >= 0.3 is 0 Å². The average Bonchev–Trinajstić information content (AvgIpc) is 2.16. The first-order valence-corrected chi connectivity index (χ1v) is 6.26. The minimum absolute atomic E-state index is 0. The molecule has 1 aliphatic heterocycles. The fourth-order valence-electron chi connectivity index (χ4n) is 2.45. The van der Waals surface area contributed by atoms with Crippen molar-refractivity contribution in [1.82, 2.24) is 10.6 Å². The zero-order valence-electron chi connectivity index (χ0n) is 10.00. The summed E-state index contributed by atoms with van der Waals surface area (Å²) in [6, 6.07) is 0.402. The van der Waals surface area contributed by atoms with Gasteiger partial charge in [0.05, 0.1) is 0 Å². The molecule has 1 aliphatic carbocycles. The lowest BCUT2D eigenvalue weighted by atomic mass is 9.82. The van der Waals surface area contributed by atoms with Crippen molar-refractivity contribution in [1.29, 1.82) is 0 Å². The van der Waals surface area contributed by atoms with Crippen LogP contribution >= 0.6 is 12.4 Å². The molecule has 3 nitrogen and oxygen atoms in total. The monoisotopic (exact) mass is 246 g/mol. The number of hydrogen-bond donors (Lipinski definition) is 2. The third kappa shape index (κ3) is 3.63. The molecule has 2 unspecified atom stereocenters. The van der Waals surface area contributed by atoms with Gasteiger partial charge < -0.3 is 10.6 Å². The second-order valence-corrected chi connectivity index (χ2v) is 5.15. The van der Waals surface area contributed by atoms with E-state index in [9.17, 15) is 4.79 Å². The van der Waals surface area contributed by atoms with Gasteiger partial charge in [-0.1, -0.05) is 13.3 Å². The molecule has 4 heteroatoms. The second kappa shape index (κ2) is 6.45. The minimum atomic E-state index is 0. The fraction of sp³-hybridized carbons (Fsp3) is 0.917. The van der Waals surface area contributed by atoms with E-state index in [0.29, 0.717) is 17.9 Å². The molecule has 1 saturated heterocycles. The van der Waals surface area contributed by atoms with Crippen molar-refractivity contribution in [2.75, 3.05) is 13.1 Å². The fourth-order valence-corrected chi connectivity index (χ4v) is 2.45. The van der Waals surface area contributed by atoms with Gasteiger partial charge in [-0.2, -0.15) is 0 Å². The molecule has 2 aliphatic rings. The van der Waals surface area contributed by atoms with Crippen molar-refractivity contribution in [3.63, 3.8) is 0 Å². The maximum Gasteiger partial charge on any atom is 0.220 e.